The third-order valence-electron chi connectivity index (χ3n) is 3.22. The molecule has 0 aliphatic carbocycles. The molecule has 0 aliphatic rings. The predicted molar refractivity (Wildman–Crippen MR) is 47.8 cm³/mol. The Morgan fingerprint density at radius 1 is 0.276 bits per heavy atom. The van der Waals surface area contributed by atoms with Crippen LogP contribution in [-0.4, -0.2) is 58.8 Å². The fourth-order valence-electron chi connectivity index (χ4n) is 1.60. The maximum absolute atomic E-state index is 13.4. The van der Waals surface area contributed by atoms with E-state index < -0.39 is 53.7 Å². The Kier molecular flexibility index (Phi) is 6.02. The Morgan fingerprint density at radius 3 is 0.655 bits per heavy atom. The van der Waals surface area contributed by atoms with E-state index in [0.717, 1.165) is 0 Å². The van der Waals surface area contributed by atoms with E-state index in [4.69, 9.17) is 5.11 Å². The minimum atomic E-state index is -9.11. The molecule has 0 aliphatic heterocycles. The van der Waals surface area contributed by atoms with Crippen molar-refractivity contribution in [2.24, 2.45) is 0 Å². The first-order valence-corrected chi connectivity index (χ1v) is 5.81. The summed E-state index contributed by atoms with van der Waals surface area (Å²) in [6.45, 7) is 0. The zero-order chi connectivity index (χ0) is 24.5. The molecule has 0 aromatic heterocycles. The highest BCUT2D eigenvalue weighted by atomic mass is 19.4. The Labute approximate surface area is 144 Å². The highest BCUT2D eigenvalue weighted by molar-refractivity contribution is 5.22. The van der Waals surface area contributed by atoms with Crippen LogP contribution in [0.5, 0.6) is 0 Å². The van der Waals surface area contributed by atoms with Gasteiger partial charge in [0.2, 0.25) is 0 Å². The highest BCUT2D eigenvalue weighted by Crippen LogP contribution is 2.66. The molecule has 0 radical (unpaired) electrons. The number of halogens is 19. The van der Waals surface area contributed by atoms with Crippen molar-refractivity contribution in [3.8, 4) is 0 Å². The van der Waals surface area contributed by atoms with Crippen molar-refractivity contribution in [2.45, 2.75) is 53.7 Å². The van der Waals surface area contributed by atoms with Gasteiger partial charge in [0.05, 0.1) is 0 Å². The second-order valence-electron chi connectivity index (χ2n) is 5.08. The molecule has 1 nitrogen and oxygen atoms in total. The fraction of sp³-hybridized carbons (Fsp3) is 1.00. The number of alkyl halides is 19. The Balaban J connectivity index is 7.48. The fourth-order valence-corrected chi connectivity index (χ4v) is 1.60. The van der Waals surface area contributed by atoms with Crippen LogP contribution in [0.2, 0.25) is 0 Å². The average molecular weight is 486 g/mol. The standard InChI is InChI=1S/C9HF19O/c10-2(11,5(16,17)6(18,19)9(26,27)28)1(29,3(12,13)7(20,21)22)4(14,15)8(23,24)25/h29H. The molecule has 29 heavy (non-hydrogen) atoms. The summed E-state index contributed by atoms with van der Waals surface area (Å²) in [5.41, 5.74) is -8.91. The van der Waals surface area contributed by atoms with E-state index in [9.17, 15) is 83.4 Å². The Morgan fingerprint density at radius 2 is 0.483 bits per heavy atom. The van der Waals surface area contributed by atoms with Crippen LogP contribution >= 0.6 is 0 Å². The molecule has 0 rings (SSSR count). The maximum Gasteiger partial charge on any atom is 0.460 e. The molecular formula is C9HF19O. The summed E-state index contributed by atoms with van der Waals surface area (Å²) >= 11 is 0. The molecule has 0 saturated carbocycles. The van der Waals surface area contributed by atoms with Gasteiger partial charge in [-0.25, -0.2) is 0 Å². The molecule has 0 fully saturated rings. The van der Waals surface area contributed by atoms with Gasteiger partial charge in [-0.1, -0.05) is 0 Å². The second kappa shape index (κ2) is 6.32. The molecule has 0 bridgehead atoms. The van der Waals surface area contributed by atoms with Gasteiger partial charge in [-0.3, -0.25) is 0 Å². The lowest BCUT2D eigenvalue weighted by atomic mass is 9.76. The van der Waals surface area contributed by atoms with E-state index >= 15 is 0 Å². The van der Waals surface area contributed by atoms with E-state index in [1.54, 1.807) is 0 Å². The molecule has 0 unspecified atom stereocenters. The van der Waals surface area contributed by atoms with Crippen molar-refractivity contribution in [1.29, 1.82) is 0 Å². The number of hydrogen-bond acceptors (Lipinski definition) is 1. The number of aliphatic hydroxyl groups is 1. The summed E-state index contributed by atoms with van der Waals surface area (Å²) in [7, 11) is 0. The molecular weight excluding hydrogens is 485 g/mol. The summed E-state index contributed by atoms with van der Waals surface area (Å²) in [6.07, 6.45) is -24.4. The smallest absolute Gasteiger partial charge is 0.373 e. The summed E-state index contributed by atoms with van der Waals surface area (Å²) in [5, 5.41) is 8.36. The van der Waals surface area contributed by atoms with Gasteiger partial charge in [-0.2, -0.15) is 83.4 Å². The first-order chi connectivity index (χ1) is 12.0. The zero-order valence-electron chi connectivity index (χ0n) is 12.1. The van der Waals surface area contributed by atoms with Gasteiger partial charge in [0.1, 0.15) is 0 Å². The zero-order valence-corrected chi connectivity index (χ0v) is 12.1. The van der Waals surface area contributed by atoms with Crippen molar-refractivity contribution in [2.75, 3.05) is 0 Å². The van der Waals surface area contributed by atoms with Crippen LogP contribution in [0.25, 0.3) is 0 Å². The van der Waals surface area contributed by atoms with Crippen LogP contribution < -0.4 is 0 Å². The van der Waals surface area contributed by atoms with Crippen molar-refractivity contribution >= 4 is 0 Å². The quantitative estimate of drug-likeness (QED) is 0.504. The molecule has 0 spiro atoms. The Hall–Kier alpha value is -1.37. The molecule has 0 atom stereocenters. The van der Waals surface area contributed by atoms with Crippen LogP contribution in [-0.2, 0) is 0 Å². The minimum absolute atomic E-state index is 8.01. The summed E-state index contributed by atoms with van der Waals surface area (Å²) < 4.78 is 238. The van der Waals surface area contributed by atoms with Gasteiger partial charge in [0.25, 0.3) is 5.60 Å². The van der Waals surface area contributed by atoms with Gasteiger partial charge in [0.15, 0.2) is 0 Å². The van der Waals surface area contributed by atoms with Gasteiger partial charge < -0.3 is 5.11 Å². The SMILES string of the molecule is OC(C(F)(F)C(F)(F)F)(C(F)(F)C(F)(F)F)C(F)(F)C(F)(F)C(F)(F)C(F)(F)F. The maximum atomic E-state index is 13.4. The first-order valence-electron chi connectivity index (χ1n) is 5.81. The molecule has 0 heterocycles. The van der Waals surface area contributed by atoms with E-state index in [1.165, 1.54) is 0 Å². The molecule has 0 saturated heterocycles. The van der Waals surface area contributed by atoms with Crippen LogP contribution in [0.4, 0.5) is 83.4 Å². The van der Waals surface area contributed by atoms with Crippen LogP contribution in [0, 0.1) is 0 Å². The summed E-state index contributed by atoms with van der Waals surface area (Å²) in [6, 6.07) is 0. The molecule has 0 aromatic carbocycles. The van der Waals surface area contributed by atoms with Crippen molar-refractivity contribution in [3.05, 3.63) is 0 Å². The monoisotopic (exact) mass is 486 g/mol. The van der Waals surface area contributed by atoms with Gasteiger partial charge >= 0.3 is 48.1 Å². The predicted octanol–water partition coefficient (Wildman–Crippen LogP) is 5.58. The van der Waals surface area contributed by atoms with Crippen molar-refractivity contribution in [3.63, 3.8) is 0 Å². The number of hydrogen-bond donors (Lipinski definition) is 1. The normalized spacial score (nSPS) is 17.0. The highest BCUT2D eigenvalue weighted by Gasteiger charge is 2.99. The van der Waals surface area contributed by atoms with E-state index in [1.807, 2.05) is 0 Å². The molecule has 176 valence electrons. The second-order valence-corrected chi connectivity index (χ2v) is 5.08. The van der Waals surface area contributed by atoms with E-state index in [2.05, 4.69) is 0 Å². The largest absolute Gasteiger partial charge is 0.460 e. The average Bonchev–Trinajstić information content (AvgIpc) is 2.41. The Bertz CT molecular complexity index is 577. The minimum Gasteiger partial charge on any atom is -0.373 e. The first kappa shape index (κ1) is 27.6. The summed E-state index contributed by atoms with van der Waals surface area (Å²) in [5.74, 6) is -43.9. The van der Waals surface area contributed by atoms with Gasteiger partial charge in [-0.05, 0) is 0 Å². The van der Waals surface area contributed by atoms with Crippen molar-refractivity contribution in [1.82, 2.24) is 0 Å². The topological polar surface area (TPSA) is 20.2 Å². The van der Waals surface area contributed by atoms with Gasteiger partial charge in [0, 0.05) is 0 Å². The van der Waals surface area contributed by atoms with Crippen LogP contribution in [0.1, 0.15) is 0 Å². The van der Waals surface area contributed by atoms with Crippen molar-refractivity contribution < 1.29 is 88.5 Å². The third-order valence-corrected chi connectivity index (χ3v) is 3.22. The number of rotatable bonds is 5. The lowest BCUT2D eigenvalue weighted by Crippen LogP contribution is -2.82. The third kappa shape index (κ3) is 3.24. The molecule has 0 amide bonds. The van der Waals surface area contributed by atoms with E-state index in [0.29, 0.717) is 0 Å². The van der Waals surface area contributed by atoms with Gasteiger partial charge in [-0.15, -0.1) is 0 Å². The van der Waals surface area contributed by atoms with Crippen LogP contribution in [0.3, 0.4) is 0 Å². The lowest BCUT2D eigenvalue weighted by Gasteiger charge is -2.48. The molecule has 20 heteroatoms. The van der Waals surface area contributed by atoms with E-state index in [-0.39, 0.29) is 0 Å². The molecule has 1 N–H and O–H groups in total. The van der Waals surface area contributed by atoms with Crippen LogP contribution in [0.15, 0.2) is 0 Å². The summed E-state index contributed by atoms with van der Waals surface area (Å²) in [4.78, 5) is 0. The lowest BCUT2D eigenvalue weighted by molar-refractivity contribution is -0.497. The molecule has 0 aromatic rings.